The van der Waals surface area contributed by atoms with E-state index in [4.69, 9.17) is 9.72 Å². The zero-order valence-corrected chi connectivity index (χ0v) is 22.2. The second kappa shape index (κ2) is 10.6. The smallest absolute Gasteiger partial charge is 0.407 e. The van der Waals surface area contributed by atoms with Crippen molar-refractivity contribution in [2.24, 2.45) is 17.3 Å². The van der Waals surface area contributed by atoms with Crippen molar-refractivity contribution < 1.29 is 9.53 Å². The molecule has 5 nitrogen and oxygen atoms in total. The lowest BCUT2D eigenvalue weighted by atomic mass is 9.73. The fourth-order valence-corrected chi connectivity index (χ4v) is 5.46. The van der Waals surface area contributed by atoms with Crippen LogP contribution in [0.25, 0.3) is 10.6 Å². The van der Waals surface area contributed by atoms with Gasteiger partial charge in [0.1, 0.15) is 10.6 Å². The van der Waals surface area contributed by atoms with E-state index in [1.54, 1.807) is 11.3 Å². The van der Waals surface area contributed by atoms with Crippen molar-refractivity contribution >= 4 is 17.4 Å². The Hall–Kier alpha value is -1.92. The first kappa shape index (κ1) is 25.7. The molecule has 1 aliphatic rings. The highest BCUT2D eigenvalue weighted by Gasteiger charge is 2.33. The van der Waals surface area contributed by atoms with E-state index in [9.17, 15) is 4.79 Å². The predicted octanol–water partition coefficient (Wildman–Crippen LogP) is 6.73. The summed E-state index contributed by atoms with van der Waals surface area (Å²) in [6.45, 7) is 18.8. The molecule has 0 bridgehead atoms. The summed E-state index contributed by atoms with van der Waals surface area (Å²) >= 11 is 1.76. The third kappa shape index (κ3) is 7.54. The Balaban J connectivity index is 1.68. The van der Waals surface area contributed by atoms with Gasteiger partial charge in [-0.2, -0.15) is 0 Å². The number of hydrogen-bond acceptors (Lipinski definition) is 5. The monoisotopic (exact) mass is 471 g/mol. The number of piperidine rings is 1. The highest BCUT2D eigenvalue weighted by molar-refractivity contribution is 7.15. The molecular weight excluding hydrogens is 430 g/mol. The number of likely N-dealkylation sites (tertiary alicyclic amines) is 1. The lowest BCUT2D eigenvalue weighted by molar-refractivity contribution is 0.0523. The van der Waals surface area contributed by atoms with E-state index in [1.165, 1.54) is 24.3 Å². The molecule has 0 spiro atoms. The number of nitrogens with one attached hydrogen (secondary N) is 1. The number of ether oxygens (including phenoxy) is 1. The van der Waals surface area contributed by atoms with Crippen molar-refractivity contribution in [2.75, 3.05) is 13.1 Å². The summed E-state index contributed by atoms with van der Waals surface area (Å²) in [6, 6.07) is 8.14. The number of thiazole rings is 1. The molecule has 33 heavy (non-hydrogen) atoms. The SMILES string of the molecule is CCC1CC(C(C)(C)C)CN(Cc2cnc(-c3ccccc3CNC(=O)OC(C)(C)C)s2)C1. The van der Waals surface area contributed by atoms with E-state index in [0.717, 1.165) is 41.1 Å². The first-order valence-corrected chi connectivity index (χ1v) is 13.0. The van der Waals surface area contributed by atoms with Crippen molar-refractivity contribution in [2.45, 2.75) is 80.0 Å². The van der Waals surface area contributed by atoms with Gasteiger partial charge in [0.15, 0.2) is 0 Å². The molecule has 1 N–H and O–H groups in total. The Labute approximate surface area is 203 Å². The van der Waals surface area contributed by atoms with E-state index in [1.807, 2.05) is 45.2 Å². The fraction of sp³-hybridized carbons (Fsp3) is 0.630. The van der Waals surface area contributed by atoms with E-state index in [0.29, 0.717) is 12.0 Å². The second-order valence-electron chi connectivity index (χ2n) is 11.4. The molecule has 2 heterocycles. The number of rotatable bonds is 6. The number of nitrogens with zero attached hydrogens (tertiary/aromatic N) is 2. The summed E-state index contributed by atoms with van der Waals surface area (Å²) in [6.07, 6.45) is 4.21. The molecule has 0 saturated carbocycles. The maximum Gasteiger partial charge on any atom is 0.407 e. The van der Waals surface area contributed by atoms with Crippen LogP contribution in [0.5, 0.6) is 0 Å². The molecule has 2 unspecified atom stereocenters. The van der Waals surface area contributed by atoms with Crippen LogP contribution in [0, 0.1) is 17.3 Å². The molecule has 1 saturated heterocycles. The van der Waals surface area contributed by atoms with Crippen LogP contribution >= 0.6 is 11.3 Å². The van der Waals surface area contributed by atoms with E-state index >= 15 is 0 Å². The Morgan fingerprint density at radius 1 is 1.18 bits per heavy atom. The molecule has 0 aliphatic carbocycles. The van der Waals surface area contributed by atoms with Gasteiger partial charge in [0.2, 0.25) is 0 Å². The third-order valence-electron chi connectivity index (χ3n) is 6.42. The topological polar surface area (TPSA) is 54.5 Å². The normalized spacial score (nSPS) is 20.0. The van der Waals surface area contributed by atoms with Crippen LogP contribution < -0.4 is 5.32 Å². The van der Waals surface area contributed by atoms with Gasteiger partial charge in [0.05, 0.1) is 0 Å². The van der Waals surface area contributed by atoms with Gasteiger partial charge >= 0.3 is 6.09 Å². The number of carbonyl (C=O) groups is 1. The first-order chi connectivity index (χ1) is 15.4. The lowest BCUT2D eigenvalue weighted by Crippen LogP contribution is -2.44. The van der Waals surface area contributed by atoms with Gasteiger partial charge in [0, 0.05) is 42.8 Å². The minimum Gasteiger partial charge on any atom is -0.444 e. The van der Waals surface area contributed by atoms with Crippen LogP contribution in [0.4, 0.5) is 4.79 Å². The summed E-state index contributed by atoms with van der Waals surface area (Å²) < 4.78 is 5.38. The zero-order chi connectivity index (χ0) is 24.2. The van der Waals surface area contributed by atoms with Crippen molar-refractivity contribution in [1.29, 1.82) is 0 Å². The number of hydrogen-bond donors (Lipinski definition) is 1. The Bertz CT molecular complexity index is 926. The summed E-state index contributed by atoms with van der Waals surface area (Å²) in [5, 5.41) is 3.88. The Morgan fingerprint density at radius 2 is 1.91 bits per heavy atom. The van der Waals surface area contributed by atoms with E-state index in [2.05, 4.69) is 44.0 Å². The average Bonchev–Trinajstić information content (AvgIpc) is 3.18. The summed E-state index contributed by atoms with van der Waals surface area (Å²) in [4.78, 5) is 20.8. The second-order valence-corrected chi connectivity index (χ2v) is 12.5. The standard InChI is InChI=1S/C27H41N3O2S/c1-8-19-13-21(26(2,3)4)17-30(16-19)18-22-15-28-24(33-22)23-12-10-9-11-20(23)14-29-25(31)32-27(5,6)7/h9-12,15,19,21H,8,13-14,16-18H2,1-7H3,(H,29,31). The number of benzene rings is 1. The van der Waals surface area contributed by atoms with Gasteiger partial charge in [-0.25, -0.2) is 9.78 Å². The maximum absolute atomic E-state index is 12.1. The Morgan fingerprint density at radius 3 is 2.58 bits per heavy atom. The molecule has 1 amide bonds. The van der Waals surface area contributed by atoms with Gasteiger partial charge in [-0.1, -0.05) is 58.4 Å². The predicted molar refractivity (Wildman–Crippen MR) is 137 cm³/mol. The molecule has 2 atom stereocenters. The average molecular weight is 472 g/mol. The molecule has 1 aromatic carbocycles. The molecule has 1 fully saturated rings. The molecule has 6 heteroatoms. The highest BCUT2D eigenvalue weighted by Crippen LogP contribution is 2.37. The lowest BCUT2D eigenvalue weighted by Gasteiger charge is -2.43. The molecule has 1 aromatic heterocycles. The maximum atomic E-state index is 12.1. The number of amides is 1. The number of carbonyl (C=O) groups excluding carboxylic acids is 1. The molecule has 2 aromatic rings. The van der Waals surface area contributed by atoms with Crippen molar-refractivity contribution in [1.82, 2.24) is 15.2 Å². The Kier molecular flexibility index (Phi) is 8.22. The summed E-state index contributed by atoms with van der Waals surface area (Å²) in [5.74, 6) is 1.50. The van der Waals surface area contributed by atoms with Crippen molar-refractivity contribution in [3.8, 4) is 10.6 Å². The number of aromatic nitrogens is 1. The summed E-state index contributed by atoms with van der Waals surface area (Å²) in [7, 11) is 0. The van der Waals surface area contributed by atoms with Crippen LogP contribution in [-0.2, 0) is 17.8 Å². The molecule has 3 rings (SSSR count). The molecule has 0 radical (unpaired) electrons. The van der Waals surface area contributed by atoms with Gasteiger partial charge in [0.25, 0.3) is 0 Å². The minimum absolute atomic E-state index is 0.338. The van der Waals surface area contributed by atoms with Gasteiger partial charge in [-0.15, -0.1) is 11.3 Å². The van der Waals surface area contributed by atoms with Crippen molar-refractivity contribution in [3.05, 3.63) is 40.9 Å². The summed E-state index contributed by atoms with van der Waals surface area (Å²) in [5.41, 5.74) is 1.94. The van der Waals surface area contributed by atoms with Gasteiger partial charge < -0.3 is 10.1 Å². The number of alkyl carbamates (subject to hydrolysis) is 1. The highest BCUT2D eigenvalue weighted by atomic mass is 32.1. The molecule has 1 aliphatic heterocycles. The zero-order valence-electron chi connectivity index (χ0n) is 21.4. The first-order valence-electron chi connectivity index (χ1n) is 12.2. The van der Waals surface area contributed by atoms with E-state index < -0.39 is 11.7 Å². The van der Waals surface area contributed by atoms with Crippen LogP contribution in [-0.4, -0.2) is 34.7 Å². The van der Waals surface area contributed by atoms with Crippen LogP contribution in [0.15, 0.2) is 30.5 Å². The van der Waals surface area contributed by atoms with Gasteiger partial charge in [-0.3, -0.25) is 4.90 Å². The minimum atomic E-state index is -0.509. The quantitative estimate of drug-likeness (QED) is 0.507. The third-order valence-corrected chi connectivity index (χ3v) is 7.43. The van der Waals surface area contributed by atoms with Crippen LogP contribution in [0.3, 0.4) is 0 Å². The van der Waals surface area contributed by atoms with Crippen LogP contribution in [0.1, 0.15) is 71.7 Å². The fourth-order valence-electron chi connectivity index (χ4n) is 4.45. The largest absolute Gasteiger partial charge is 0.444 e. The van der Waals surface area contributed by atoms with Crippen molar-refractivity contribution in [3.63, 3.8) is 0 Å². The molecular formula is C27H41N3O2S. The van der Waals surface area contributed by atoms with Crippen LogP contribution in [0.2, 0.25) is 0 Å². The van der Waals surface area contributed by atoms with Gasteiger partial charge in [-0.05, 0) is 50.0 Å². The van der Waals surface area contributed by atoms with E-state index in [-0.39, 0.29) is 0 Å². The molecule has 182 valence electrons.